The summed E-state index contributed by atoms with van der Waals surface area (Å²) in [5.74, 6) is -0.312. The van der Waals surface area contributed by atoms with E-state index in [-0.39, 0.29) is 23.3 Å². The molecule has 0 saturated heterocycles. The standard InChI is InChI=1S/C20H29N5O4/c1-15(29-16(2)26)10-6-9-13-25-19(27)17-18(22-14-23(17)3)24(20(25)28)12-8-5-4-7-11-21/h14-15H,4-10,12-13H2,1-3H3. The molecule has 2 aromatic heterocycles. The molecule has 29 heavy (non-hydrogen) atoms. The lowest BCUT2D eigenvalue weighted by atomic mass is 10.1. The predicted octanol–water partition coefficient (Wildman–Crippen LogP) is 2.10. The van der Waals surface area contributed by atoms with E-state index in [1.165, 1.54) is 11.5 Å². The largest absolute Gasteiger partial charge is 0.463 e. The van der Waals surface area contributed by atoms with Gasteiger partial charge >= 0.3 is 11.7 Å². The molecule has 2 aromatic rings. The average Bonchev–Trinajstić information content (AvgIpc) is 3.04. The molecule has 0 N–H and O–H groups in total. The summed E-state index contributed by atoms with van der Waals surface area (Å²) in [7, 11) is 1.74. The first kappa shape index (κ1) is 22.4. The minimum absolute atomic E-state index is 0.186. The molecular weight excluding hydrogens is 374 g/mol. The van der Waals surface area contributed by atoms with Crippen LogP contribution in [0.4, 0.5) is 0 Å². The zero-order valence-electron chi connectivity index (χ0n) is 17.4. The number of rotatable bonds is 11. The Morgan fingerprint density at radius 1 is 1.17 bits per heavy atom. The van der Waals surface area contributed by atoms with E-state index in [9.17, 15) is 14.4 Å². The first-order valence-electron chi connectivity index (χ1n) is 10.1. The summed E-state index contributed by atoms with van der Waals surface area (Å²) in [4.78, 5) is 41.0. The van der Waals surface area contributed by atoms with Crippen LogP contribution in [0.15, 0.2) is 15.9 Å². The number of unbranched alkanes of at least 4 members (excludes halogenated alkanes) is 4. The Morgan fingerprint density at radius 3 is 2.55 bits per heavy atom. The van der Waals surface area contributed by atoms with Crippen molar-refractivity contribution in [2.45, 2.75) is 78.0 Å². The third kappa shape index (κ3) is 5.79. The molecule has 0 saturated carbocycles. The van der Waals surface area contributed by atoms with Gasteiger partial charge in [-0.3, -0.25) is 18.7 Å². The topological polar surface area (TPSA) is 112 Å². The summed E-state index contributed by atoms with van der Waals surface area (Å²) in [5.41, 5.74) is 0.130. The molecule has 0 fully saturated rings. The van der Waals surface area contributed by atoms with E-state index >= 15 is 0 Å². The Labute approximate surface area is 169 Å². The van der Waals surface area contributed by atoms with Crippen molar-refractivity contribution in [2.75, 3.05) is 0 Å². The summed E-state index contributed by atoms with van der Waals surface area (Å²) in [6.07, 6.45) is 6.26. The number of nitrogens with zero attached hydrogens (tertiary/aromatic N) is 5. The highest BCUT2D eigenvalue weighted by Gasteiger charge is 2.16. The number of carbonyl (C=O) groups excluding carboxylic acids is 1. The van der Waals surface area contributed by atoms with Gasteiger partial charge in [0.25, 0.3) is 5.56 Å². The fourth-order valence-electron chi connectivity index (χ4n) is 3.41. The smallest absolute Gasteiger partial charge is 0.332 e. The van der Waals surface area contributed by atoms with Gasteiger partial charge in [-0.1, -0.05) is 6.42 Å². The Bertz CT molecular complexity index is 995. The zero-order valence-corrected chi connectivity index (χ0v) is 17.4. The van der Waals surface area contributed by atoms with Gasteiger partial charge in [0.15, 0.2) is 11.2 Å². The fraction of sp³-hybridized carbons (Fsp3) is 0.650. The van der Waals surface area contributed by atoms with Gasteiger partial charge in [0.05, 0.1) is 18.5 Å². The number of aryl methyl sites for hydroxylation is 2. The molecule has 1 atom stereocenters. The third-order valence-corrected chi connectivity index (χ3v) is 4.86. The highest BCUT2D eigenvalue weighted by molar-refractivity contribution is 5.69. The van der Waals surface area contributed by atoms with Crippen LogP contribution in [0.25, 0.3) is 11.2 Å². The maximum atomic E-state index is 13.0. The van der Waals surface area contributed by atoms with Crippen LogP contribution in [0.2, 0.25) is 0 Å². The Morgan fingerprint density at radius 2 is 1.86 bits per heavy atom. The second-order valence-corrected chi connectivity index (χ2v) is 7.30. The fourth-order valence-corrected chi connectivity index (χ4v) is 3.41. The molecule has 1 unspecified atom stereocenters. The highest BCUT2D eigenvalue weighted by Crippen LogP contribution is 2.09. The van der Waals surface area contributed by atoms with Crippen LogP contribution in [-0.4, -0.2) is 30.8 Å². The number of esters is 1. The van der Waals surface area contributed by atoms with Gasteiger partial charge in [-0.25, -0.2) is 9.78 Å². The van der Waals surface area contributed by atoms with Gasteiger partial charge in [-0.2, -0.15) is 5.26 Å². The van der Waals surface area contributed by atoms with Crippen LogP contribution in [0.1, 0.15) is 58.8 Å². The summed E-state index contributed by atoms with van der Waals surface area (Å²) in [5, 5.41) is 8.64. The van der Waals surface area contributed by atoms with Crippen molar-refractivity contribution in [3.8, 4) is 6.07 Å². The summed E-state index contributed by atoms with van der Waals surface area (Å²) in [6.45, 7) is 3.97. The van der Waals surface area contributed by atoms with Gasteiger partial charge < -0.3 is 9.30 Å². The van der Waals surface area contributed by atoms with Gasteiger partial charge in [0.2, 0.25) is 0 Å². The number of ether oxygens (including phenoxy) is 1. The van der Waals surface area contributed by atoms with E-state index < -0.39 is 0 Å². The van der Waals surface area contributed by atoms with Crippen LogP contribution >= 0.6 is 0 Å². The van der Waals surface area contributed by atoms with Crippen molar-refractivity contribution < 1.29 is 9.53 Å². The SMILES string of the molecule is CC(=O)OC(C)CCCCn1c(=O)c2c(ncn2C)n(CCCCCC#N)c1=O. The maximum Gasteiger partial charge on any atom is 0.332 e. The minimum atomic E-state index is -0.352. The second-order valence-electron chi connectivity index (χ2n) is 7.30. The number of hydrogen-bond donors (Lipinski definition) is 0. The number of hydrogen-bond acceptors (Lipinski definition) is 6. The molecule has 9 heteroatoms. The monoisotopic (exact) mass is 403 g/mol. The quantitative estimate of drug-likeness (QED) is 0.419. The third-order valence-electron chi connectivity index (χ3n) is 4.86. The number of nitriles is 1. The van der Waals surface area contributed by atoms with Gasteiger partial charge in [0, 0.05) is 33.5 Å². The Hall–Kier alpha value is -2.89. The molecule has 0 aliphatic heterocycles. The lowest BCUT2D eigenvalue weighted by Crippen LogP contribution is -2.40. The van der Waals surface area contributed by atoms with E-state index in [1.807, 2.05) is 6.92 Å². The van der Waals surface area contributed by atoms with Crippen molar-refractivity contribution in [3.05, 3.63) is 27.2 Å². The normalized spacial score (nSPS) is 12.1. The van der Waals surface area contributed by atoms with Crippen LogP contribution in [0.5, 0.6) is 0 Å². The Balaban J connectivity index is 2.16. The highest BCUT2D eigenvalue weighted by atomic mass is 16.5. The molecule has 0 aliphatic carbocycles. The molecular formula is C20H29N5O4. The van der Waals surface area contributed by atoms with Gasteiger partial charge in [-0.15, -0.1) is 0 Å². The lowest BCUT2D eigenvalue weighted by molar-refractivity contribution is -0.145. The van der Waals surface area contributed by atoms with Crippen molar-refractivity contribution in [1.29, 1.82) is 5.26 Å². The van der Waals surface area contributed by atoms with Crippen LogP contribution < -0.4 is 11.2 Å². The van der Waals surface area contributed by atoms with E-state index in [2.05, 4.69) is 11.1 Å². The zero-order chi connectivity index (χ0) is 21.4. The first-order valence-corrected chi connectivity index (χ1v) is 10.1. The molecule has 0 radical (unpaired) electrons. The molecule has 158 valence electrons. The molecule has 0 amide bonds. The maximum absolute atomic E-state index is 13.0. The Kier molecular flexibility index (Phi) is 8.19. The number of carbonyl (C=O) groups is 1. The average molecular weight is 403 g/mol. The summed E-state index contributed by atoms with van der Waals surface area (Å²) < 4.78 is 9.57. The van der Waals surface area contributed by atoms with Crippen molar-refractivity contribution in [3.63, 3.8) is 0 Å². The first-order chi connectivity index (χ1) is 13.9. The van der Waals surface area contributed by atoms with Gasteiger partial charge in [-0.05, 0) is 39.0 Å². The molecule has 9 nitrogen and oxygen atoms in total. The molecule has 0 spiro atoms. The van der Waals surface area contributed by atoms with Crippen molar-refractivity contribution >= 4 is 17.1 Å². The van der Waals surface area contributed by atoms with Gasteiger partial charge in [0.1, 0.15) is 0 Å². The molecule has 0 aromatic carbocycles. The molecule has 0 bridgehead atoms. The van der Waals surface area contributed by atoms with Crippen molar-refractivity contribution in [2.24, 2.45) is 7.05 Å². The van der Waals surface area contributed by atoms with E-state index in [0.717, 1.165) is 25.7 Å². The minimum Gasteiger partial charge on any atom is -0.463 e. The number of fused-ring (bicyclic) bond motifs is 1. The summed E-state index contributed by atoms with van der Waals surface area (Å²) in [6, 6.07) is 2.12. The molecule has 0 aliphatic rings. The number of aromatic nitrogens is 4. The van der Waals surface area contributed by atoms with Crippen LogP contribution in [-0.2, 0) is 29.7 Å². The predicted molar refractivity (Wildman–Crippen MR) is 108 cm³/mol. The number of imidazole rings is 1. The molecule has 2 heterocycles. The summed E-state index contributed by atoms with van der Waals surface area (Å²) >= 11 is 0. The van der Waals surface area contributed by atoms with Crippen LogP contribution in [0, 0.1) is 11.3 Å². The molecule has 2 rings (SSSR count). The van der Waals surface area contributed by atoms with Crippen molar-refractivity contribution in [1.82, 2.24) is 18.7 Å². The second kappa shape index (κ2) is 10.6. The van der Waals surface area contributed by atoms with E-state index in [4.69, 9.17) is 10.00 Å². The lowest BCUT2D eigenvalue weighted by Gasteiger charge is -2.13. The van der Waals surface area contributed by atoms with E-state index in [0.29, 0.717) is 43.5 Å². The van der Waals surface area contributed by atoms with E-state index in [1.54, 1.807) is 22.5 Å². The van der Waals surface area contributed by atoms with Crippen LogP contribution in [0.3, 0.4) is 0 Å².